The molecule has 112 valence electrons. The predicted molar refractivity (Wildman–Crippen MR) is 75.4 cm³/mol. The highest BCUT2D eigenvalue weighted by Crippen LogP contribution is 2.38. The van der Waals surface area contributed by atoms with E-state index in [0.717, 1.165) is 31.0 Å². The number of aryl methyl sites for hydroxylation is 2. The van der Waals surface area contributed by atoms with Crippen LogP contribution in [0.25, 0.3) is 0 Å². The molecule has 20 heavy (non-hydrogen) atoms. The van der Waals surface area contributed by atoms with E-state index in [0.29, 0.717) is 13.0 Å². The van der Waals surface area contributed by atoms with Crippen LogP contribution in [-0.2, 0) is 9.53 Å². The minimum atomic E-state index is -0.568. The second kappa shape index (κ2) is 5.91. The number of hydrogen-bond donors (Lipinski definition) is 1. The summed E-state index contributed by atoms with van der Waals surface area (Å²) in [6.07, 6.45) is 2.40. The van der Waals surface area contributed by atoms with E-state index >= 15 is 0 Å². The maximum Gasteiger partial charge on any atom is 0.326 e. The van der Waals surface area contributed by atoms with Crippen molar-refractivity contribution in [2.75, 3.05) is 13.2 Å². The van der Waals surface area contributed by atoms with Gasteiger partial charge in [-0.2, -0.15) is 5.10 Å². The van der Waals surface area contributed by atoms with E-state index < -0.39 is 5.54 Å². The Balaban J connectivity index is 2.19. The molecule has 1 aliphatic carbocycles. The van der Waals surface area contributed by atoms with Crippen molar-refractivity contribution in [3.63, 3.8) is 0 Å². The van der Waals surface area contributed by atoms with Crippen LogP contribution < -0.4 is 5.32 Å². The zero-order chi connectivity index (χ0) is 14.8. The minimum Gasteiger partial charge on any atom is -0.465 e. The van der Waals surface area contributed by atoms with Crippen molar-refractivity contribution in [1.29, 1.82) is 0 Å². The average Bonchev–Trinajstić information content (AvgIpc) is 2.95. The SMILES string of the molecule is CCNC1(C(=O)OCC)CCC(n2nc(C)nc2C)C1. The van der Waals surface area contributed by atoms with Crippen LogP contribution in [0.3, 0.4) is 0 Å². The third kappa shape index (κ3) is 2.70. The Hall–Kier alpha value is -1.43. The zero-order valence-corrected chi connectivity index (χ0v) is 12.8. The summed E-state index contributed by atoms with van der Waals surface area (Å²) in [6.45, 7) is 8.87. The number of nitrogens with one attached hydrogen (secondary N) is 1. The van der Waals surface area contributed by atoms with Crippen LogP contribution in [0.5, 0.6) is 0 Å². The van der Waals surface area contributed by atoms with Gasteiger partial charge in [0.15, 0.2) is 0 Å². The van der Waals surface area contributed by atoms with Crippen molar-refractivity contribution in [1.82, 2.24) is 20.1 Å². The van der Waals surface area contributed by atoms with E-state index in [9.17, 15) is 4.79 Å². The molecule has 6 heteroatoms. The summed E-state index contributed by atoms with van der Waals surface area (Å²) in [5, 5.41) is 7.78. The molecule has 0 aromatic carbocycles. The number of ether oxygens (including phenoxy) is 1. The number of likely N-dealkylation sites (N-methyl/N-ethyl adjacent to an activating group) is 1. The molecule has 0 radical (unpaired) electrons. The van der Waals surface area contributed by atoms with Crippen LogP contribution in [0, 0.1) is 13.8 Å². The topological polar surface area (TPSA) is 69.0 Å². The number of esters is 1. The van der Waals surface area contributed by atoms with Crippen LogP contribution in [0.1, 0.15) is 50.8 Å². The molecule has 1 fully saturated rings. The van der Waals surface area contributed by atoms with E-state index in [2.05, 4.69) is 15.4 Å². The largest absolute Gasteiger partial charge is 0.465 e. The van der Waals surface area contributed by atoms with Gasteiger partial charge in [0.1, 0.15) is 17.2 Å². The van der Waals surface area contributed by atoms with Crippen LogP contribution in [0.15, 0.2) is 0 Å². The van der Waals surface area contributed by atoms with E-state index in [1.54, 1.807) is 0 Å². The molecule has 1 aromatic heterocycles. The van der Waals surface area contributed by atoms with Gasteiger partial charge in [-0.3, -0.25) is 4.79 Å². The van der Waals surface area contributed by atoms with Gasteiger partial charge in [0.25, 0.3) is 0 Å². The van der Waals surface area contributed by atoms with Crippen molar-refractivity contribution < 1.29 is 9.53 Å². The molecule has 6 nitrogen and oxygen atoms in total. The molecule has 0 bridgehead atoms. The van der Waals surface area contributed by atoms with Gasteiger partial charge in [-0.1, -0.05) is 6.92 Å². The Kier molecular flexibility index (Phi) is 4.42. The lowest BCUT2D eigenvalue weighted by Gasteiger charge is -2.27. The Labute approximate surface area is 119 Å². The fourth-order valence-electron chi connectivity index (χ4n) is 3.14. The second-order valence-corrected chi connectivity index (χ2v) is 5.38. The number of aromatic nitrogens is 3. The van der Waals surface area contributed by atoms with Crippen molar-refractivity contribution >= 4 is 5.97 Å². The van der Waals surface area contributed by atoms with E-state index in [-0.39, 0.29) is 12.0 Å². The number of carbonyl (C=O) groups excluding carboxylic acids is 1. The smallest absolute Gasteiger partial charge is 0.326 e. The normalized spacial score (nSPS) is 25.9. The van der Waals surface area contributed by atoms with Crippen molar-refractivity contribution in [3.05, 3.63) is 11.6 Å². The molecule has 1 aromatic rings. The molecule has 1 saturated carbocycles. The lowest BCUT2D eigenvalue weighted by molar-refractivity contribution is -0.151. The first-order valence-electron chi connectivity index (χ1n) is 7.34. The van der Waals surface area contributed by atoms with Crippen LogP contribution in [-0.4, -0.2) is 39.4 Å². The summed E-state index contributed by atoms with van der Waals surface area (Å²) < 4.78 is 7.21. The lowest BCUT2D eigenvalue weighted by Crippen LogP contribution is -2.51. The van der Waals surface area contributed by atoms with Gasteiger partial charge >= 0.3 is 5.97 Å². The molecule has 0 amide bonds. The van der Waals surface area contributed by atoms with Gasteiger partial charge in [-0.25, -0.2) is 9.67 Å². The lowest BCUT2D eigenvalue weighted by atomic mass is 9.97. The Morgan fingerprint density at radius 1 is 1.50 bits per heavy atom. The summed E-state index contributed by atoms with van der Waals surface area (Å²) in [4.78, 5) is 16.6. The van der Waals surface area contributed by atoms with Gasteiger partial charge in [0.2, 0.25) is 0 Å². The van der Waals surface area contributed by atoms with Crippen LogP contribution in [0.2, 0.25) is 0 Å². The summed E-state index contributed by atoms with van der Waals surface area (Å²) in [6, 6.07) is 0.208. The van der Waals surface area contributed by atoms with Crippen LogP contribution >= 0.6 is 0 Å². The van der Waals surface area contributed by atoms with Crippen molar-refractivity contribution in [2.24, 2.45) is 0 Å². The molecule has 2 unspecified atom stereocenters. The van der Waals surface area contributed by atoms with Crippen molar-refractivity contribution in [3.8, 4) is 0 Å². The zero-order valence-electron chi connectivity index (χ0n) is 12.8. The van der Waals surface area contributed by atoms with Gasteiger partial charge in [-0.15, -0.1) is 0 Å². The van der Waals surface area contributed by atoms with Gasteiger partial charge < -0.3 is 10.1 Å². The van der Waals surface area contributed by atoms with Gasteiger partial charge in [-0.05, 0) is 46.6 Å². The molecule has 1 aliphatic rings. The number of hydrogen-bond acceptors (Lipinski definition) is 5. The molecule has 2 atom stereocenters. The fraction of sp³-hybridized carbons (Fsp3) is 0.786. The Bertz CT molecular complexity index is 486. The highest BCUT2D eigenvalue weighted by Gasteiger charge is 2.47. The van der Waals surface area contributed by atoms with Gasteiger partial charge in [0.05, 0.1) is 12.6 Å². The first-order chi connectivity index (χ1) is 9.52. The van der Waals surface area contributed by atoms with Gasteiger partial charge in [0, 0.05) is 0 Å². The van der Waals surface area contributed by atoms with E-state index in [1.165, 1.54) is 0 Å². The highest BCUT2D eigenvalue weighted by atomic mass is 16.5. The number of rotatable bonds is 5. The quantitative estimate of drug-likeness (QED) is 0.828. The summed E-state index contributed by atoms with van der Waals surface area (Å²) in [7, 11) is 0. The maximum absolute atomic E-state index is 12.3. The van der Waals surface area contributed by atoms with Crippen molar-refractivity contribution in [2.45, 2.75) is 58.5 Å². The molecule has 1 N–H and O–H groups in total. The summed E-state index contributed by atoms with van der Waals surface area (Å²) in [5.74, 6) is 1.54. The maximum atomic E-state index is 12.3. The molecule has 0 aliphatic heterocycles. The molecule has 1 heterocycles. The fourth-order valence-corrected chi connectivity index (χ4v) is 3.14. The molecule has 0 spiro atoms. The van der Waals surface area contributed by atoms with Crippen LogP contribution in [0.4, 0.5) is 0 Å². The first kappa shape index (κ1) is 15.0. The third-order valence-electron chi connectivity index (χ3n) is 3.92. The first-order valence-corrected chi connectivity index (χ1v) is 7.34. The molecule has 0 saturated heterocycles. The number of nitrogens with zero attached hydrogens (tertiary/aromatic N) is 3. The van der Waals surface area contributed by atoms with E-state index in [1.807, 2.05) is 32.4 Å². The third-order valence-corrected chi connectivity index (χ3v) is 3.92. The average molecular weight is 280 g/mol. The Morgan fingerprint density at radius 3 is 2.80 bits per heavy atom. The summed E-state index contributed by atoms with van der Waals surface area (Å²) in [5.41, 5.74) is -0.568. The minimum absolute atomic E-state index is 0.140. The van der Waals surface area contributed by atoms with E-state index in [4.69, 9.17) is 4.74 Å². The number of carbonyl (C=O) groups is 1. The molecular weight excluding hydrogens is 256 g/mol. The summed E-state index contributed by atoms with van der Waals surface area (Å²) >= 11 is 0. The highest BCUT2D eigenvalue weighted by molar-refractivity contribution is 5.81. The second-order valence-electron chi connectivity index (χ2n) is 5.38. The monoisotopic (exact) mass is 280 g/mol. The predicted octanol–water partition coefficient (Wildman–Crippen LogP) is 1.53. The Morgan fingerprint density at radius 2 is 2.25 bits per heavy atom. The molecular formula is C14H24N4O2. The molecule has 2 rings (SSSR count). The standard InChI is InChI=1S/C14H24N4O2/c1-5-15-14(13(19)20-6-2)8-7-12(9-14)18-11(4)16-10(3)17-18/h12,15H,5-9H2,1-4H3.